The average molecular weight is 297 g/mol. The Balaban J connectivity index is 2.21. The number of nitrogens with zero attached hydrogens (tertiary/aromatic N) is 1. The zero-order chi connectivity index (χ0) is 14.9. The van der Waals surface area contributed by atoms with Crippen molar-refractivity contribution >= 4 is 23.2 Å². The van der Waals surface area contributed by atoms with Crippen molar-refractivity contribution in [3.05, 3.63) is 20.7 Å². The van der Waals surface area contributed by atoms with Crippen LogP contribution in [0.5, 0.6) is 0 Å². The van der Waals surface area contributed by atoms with Crippen LogP contribution in [-0.4, -0.2) is 34.3 Å². The van der Waals surface area contributed by atoms with Crippen molar-refractivity contribution in [2.45, 2.75) is 39.8 Å². The molecule has 0 aromatic carbocycles. The molecule has 6 nitrogen and oxygen atoms in total. The maximum Gasteiger partial charge on any atom is 0.304 e. The van der Waals surface area contributed by atoms with Crippen LogP contribution in [0, 0.1) is 5.41 Å². The minimum Gasteiger partial charge on any atom is -0.344 e. The second kappa shape index (κ2) is 5.40. The molecule has 0 spiro atoms. The van der Waals surface area contributed by atoms with Crippen LogP contribution in [0.4, 0.5) is 0 Å². The summed E-state index contributed by atoms with van der Waals surface area (Å²) in [5, 5.41) is 4.50. The Morgan fingerprint density at radius 3 is 2.60 bits per heavy atom. The third-order valence-corrected chi connectivity index (χ3v) is 3.99. The summed E-state index contributed by atoms with van der Waals surface area (Å²) in [7, 11) is 0. The Hall–Kier alpha value is -1.63. The number of carbonyl (C=O) groups is 2. The lowest BCUT2D eigenvalue weighted by Crippen LogP contribution is -2.51. The quantitative estimate of drug-likeness (QED) is 0.843. The van der Waals surface area contributed by atoms with Crippen molar-refractivity contribution < 1.29 is 9.59 Å². The van der Waals surface area contributed by atoms with Gasteiger partial charge in [0.1, 0.15) is 6.04 Å². The van der Waals surface area contributed by atoms with Crippen LogP contribution >= 0.6 is 11.3 Å². The molecule has 0 saturated carbocycles. The first kappa shape index (κ1) is 14.8. The van der Waals surface area contributed by atoms with Crippen molar-refractivity contribution in [2.75, 3.05) is 6.54 Å². The molecule has 20 heavy (non-hydrogen) atoms. The van der Waals surface area contributed by atoms with Crippen LogP contribution in [0.3, 0.4) is 0 Å². The number of hydrogen-bond donors (Lipinski definition) is 2. The van der Waals surface area contributed by atoms with Crippen LogP contribution in [0.25, 0.3) is 0 Å². The fourth-order valence-electron chi connectivity index (χ4n) is 2.17. The first-order valence-corrected chi connectivity index (χ1v) is 7.40. The van der Waals surface area contributed by atoms with Gasteiger partial charge < -0.3 is 15.2 Å². The number of amides is 2. The van der Waals surface area contributed by atoms with Gasteiger partial charge in [-0.05, 0) is 5.41 Å². The van der Waals surface area contributed by atoms with Crippen LogP contribution in [0.1, 0.15) is 32.9 Å². The molecule has 0 radical (unpaired) electrons. The molecule has 1 aliphatic rings. The third-order valence-electron chi connectivity index (χ3n) is 3.27. The van der Waals surface area contributed by atoms with Gasteiger partial charge >= 0.3 is 4.87 Å². The van der Waals surface area contributed by atoms with Gasteiger partial charge in [0.25, 0.3) is 0 Å². The monoisotopic (exact) mass is 297 g/mol. The summed E-state index contributed by atoms with van der Waals surface area (Å²) in [4.78, 5) is 39.7. The standard InChI is InChI=1S/C13H19N3O3S/c1-13(2,3)10-11(18)16(5-4-9(17)15-10)6-8-7-20-12(19)14-8/h7,10H,4-6H2,1-3H3,(H,14,19)(H,15,17). The number of carbonyl (C=O) groups excluding carboxylic acids is 2. The molecule has 0 aliphatic carbocycles. The largest absolute Gasteiger partial charge is 0.344 e. The summed E-state index contributed by atoms with van der Waals surface area (Å²) < 4.78 is 0. The molecule has 2 heterocycles. The highest BCUT2D eigenvalue weighted by molar-refractivity contribution is 7.07. The molecule has 1 unspecified atom stereocenters. The highest BCUT2D eigenvalue weighted by Crippen LogP contribution is 2.23. The lowest BCUT2D eigenvalue weighted by Gasteiger charge is -2.32. The Morgan fingerprint density at radius 1 is 1.35 bits per heavy atom. The van der Waals surface area contributed by atoms with E-state index in [1.54, 1.807) is 10.3 Å². The Labute approximate surface area is 121 Å². The molecule has 1 saturated heterocycles. The van der Waals surface area contributed by atoms with E-state index in [0.29, 0.717) is 18.8 Å². The molecule has 2 N–H and O–H groups in total. The number of hydrogen-bond acceptors (Lipinski definition) is 4. The van der Waals surface area contributed by atoms with Gasteiger partial charge in [-0.15, -0.1) is 0 Å². The van der Waals surface area contributed by atoms with Crippen molar-refractivity contribution in [1.82, 2.24) is 15.2 Å². The van der Waals surface area contributed by atoms with E-state index in [1.807, 2.05) is 20.8 Å². The fraction of sp³-hybridized carbons (Fsp3) is 0.615. The Kier molecular flexibility index (Phi) is 3.99. The highest BCUT2D eigenvalue weighted by Gasteiger charge is 2.37. The summed E-state index contributed by atoms with van der Waals surface area (Å²) in [6.45, 7) is 6.47. The van der Waals surface area contributed by atoms with Crippen molar-refractivity contribution in [3.8, 4) is 0 Å². The van der Waals surface area contributed by atoms with E-state index in [-0.39, 0.29) is 28.5 Å². The van der Waals surface area contributed by atoms with E-state index in [0.717, 1.165) is 11.3 Å². The topological polar surface area (TPSA) is 82.3 Å². The maximum atomic E-state index is 12.6. The van der Waals surface area contributed by atoms with Gasteiger partial charge in [-0.2, -0.15) is 0 Å². The van der Waals surface area contributed by atoms with E-state index in [1.165, 1.54) is 0 Å². The van der Waals surface area contributed by atoms with E-state index in [2.05, 4.69) is 10.3 Å². The van der Waals surface area contributed by atoms with Crippen LogP contribution in [-0.2, 0) is 16.1 Å². The molecular weight excluding hydrogens is 278 g/mol. The van der Waals surface area contributed by atoms with E-state index in [9.17, 15) is 14.4 Å². The highest BCUT2D eigenvalue weighted by atomic mass is 32.1. The Morgan fingerprint density at radius 2 is 2.05 bits per heavy atom. The van der Waals surface area contributed by atoms with E-state index in [4.69, 9.17) is 0 Å². The minimum absolute atomic E-state index is 0.101. The zero-order valence-corrected chi connectivity index (χ0v) is 12.7. The molecular formula is C13H19N3O3S. The smallest absolute Gasteiger partial charge is 0.304 e. The van der Waals surface area contributed by atoms with Gasteiger partial charge in [0.2, 0.25) is 11.8 Å². The van der Waals surface area contributed by atoms with Crippen LogP contribution in [0.2, 0.25) is 0 Å². The number of aromatic amines is 1. The molecule has 1 atom stereocenters. The van der Waals surface area contributed by atoms with Crippen LogP contribution in [0.15, 0.2) is 10.2 Å². The lowest BCUT2D eigenvalue weighted by molar-refractivity contribution is -0.136. The average Bonchev–Trinajstić information content (AvgIpc) is 2.68. The zero-order valence-electron chi connectivity index (χ0n) is 11.9. The van der Waals surface area contributed by atoms with Crippen molar-refractivity contribution in [1.29, 1.82) is 0 Å². The van der Waals surface area contributed by atoms with Crippen molar-refractivity contribution in [3.63, 3.8) is 0 Å². The van der Waals surface area contributed by atoms with Gasteiger partial charge in [0, 0.05) is 24.0 Å². The molecule has 2 rings (SSSR count). The molecule has 0 bridgehead atoms. The first-order chi connectivity index (χ1) is 9.27. The number of rotatable bonds is 2. The first-order valence-electron chi connectivity index (χ1n) is 6.52. The second-order valence-corrected chi connectivity index (χ2v) is 6.89. The van der Waals surface area contributed by atoms with Gasteiger partial charge in [0.05, 0.1) is 6.54 Å². The lowest BCUT2D eigenvalue weighted by atomic mass is 9.86. The number of aromatic nitrogens is 1. The molecule has 7 heteroatoms. The predicted octanol–water partition coefficient (Wildman–Crippen LogP) is 0.700. The van der Waals surface area contributed by atoms with Crippen LogP contribution < -0.4 is 10.2 Å². The second-order valence-electron chi connectivity index (χ2n) is 6.05. The number of thiazole rings is 1. The molecule has 1 aromatic rings. The summed E-state index contributed by atoms with van der Waals surface area (Å²) in [6, 6.07) is -0.539. The molecule has 1 fully saturated rings. The summed E-state index contributed by atoms with van der Waals surface area (Å²) in [5.41, 5.74) is 0.354. The maximum absolute atomic E-state index is 12.6. The minimum atomic E-state index is -0.539. The SMILES string of the molecule is CC(C)(C)C1NC(=O)CCN(Cc2csc(=O)[nH]2)C1=O. The van der Waals surface area contributed by atoms with E-state index < -0.39 is 6.04 Å². The summed E-state index contributed by atoms with van der Waals surface area (Å²) in [6.07, 6.45) is 0.284. The molecule has 1 aliphatic heterocycles. The Bertz CT molecular complexity index is 570. The fourth-order valence-corrected chi connectivity index (χ4v) is 2.74. The molecule has 2 amide bonds. The summed E-state index contributed by atoms with van der Waals surface area (Å²) in [5.74, 6) is -0.213. The predicted molar refractivity (Wildman–Crippen MR) is 76.4 cm³/mol. The van der Waals surface area contributed by atoms with Crippen molar-refractivity contribution in [2.24, 2.45) is 5.41 Å². The molecule has 1 aromatic heterocycles. The third kappa shape index (κ3) is 3.27. The molecule has 110 valence electrons. The van der Waals surface area contributed by atoms with Gasteiger partial charge in [0.15, 0.2) is 0 Å². The van der Waals surface area contributed by atoms with Gasteiger partial charge in [-0.3, -0.25) is 14.4 Å². The number of H-pyrrole nitrogens is 1. The number of nitrogens with one attached hydrogen (secondary N) is 2. The van der Waals surface area contributed by atoms with Gasteiger partial charge in [-0.25, -0.2) is 0 Å². The normalized spacial score (nSPS) is 20.8. The van der Waals surface area contributed by atoms with E-state index >= 15 is 0 Å². The van der Waals surface area contributed by atoms with Gasteiger partial charge in [-0.1, -0.05) is 32.1 Å². The summed E-state index contributed by atoms with van der Waals surface area (Å²) >= 11 is 1.07.